The van der Waals surface area contributed by atoms with Gasteiger partial charge in [0.2, 0.25) is 0 Å². The van der Waals surface area contributed by atoms with Crippen LogP contribution < -0.4 is 5.56 Å². The average Bonchev–Trinajstić information content (AvgIpc) is 2.69. The first-order valence-electron chi connectivity index (χ1n) is 6.14. The average molecular weight is 312 g/mol. The number of fused-ring (bicyclic) bond motifs is 1. The van der Waals surface area contributed by atoms with E-state index in [4.69, 9.17) is 0 Å². The molecule has 4 nitrogen and oxygen atoms in total. The number of alkyl halides is 1. The maximum absolute atomic E-state index is 12.3. The lowest BCUT2D eigenvalue weighted by atomic mass is 9.98. The van der Waals surface area contributed by atoms with Crippen LogP contribution in [0.15, 0.2) is 23.3 Å². The van der Waals surface area contributed by atoms with Crippen LogP contribution in [-0.4, -0.2) is 19.5 Å². The lowest BCUT2D eigenvalue weighted by molar-refractivity contribution is 0.368. The van der Waals surface area contributed by atoms with Crippen LogP contribution in [0.4, 0.5) is 0 Å². The maximum Gasteiger partial charge on any atom is 0.276 e. The Balaban J connectivity index is 2.40. The molecule has 0 spiro atoms. The zero-order valence-electron chi connectivity index (χ0n) is 10.9. The summed E-state index contributed by atoms with van der Waals surface area (Å²) in [5, 5.41) is 5.15. The highest BCUT2D eigenvalue weighted by Gasteiger charge is 2.14. The highest BCUT2D eigenvalue weighted by atomic mass is 79.9. The summed E-state index contributed by atoms with van der Waals surface area (Å²) in [6.45, 7) is 6.99. The Morgan fingerprint density at radius 2 is 2.11 bits per heavy atom. The van der Waals surface area contributed by atoms with E-state index in [0.717, 1.165) is 17.6 Å². The molecule has 0 N–H and O–H groups in total. The number of hydrogen-bond donors (Lipinski definition) is 0. The van der Waals surface area contributed by atoms with Gasteiger partial charge in [0.15, 0.2) is 0 Å². The van der Waals surface area contributed by atoms with Gasteiger partial charge in [-0.3, -0.25) is 4.79 Å². The smallest absolute Gasteiger partial charge is 0.276 e. The van der Waals surface area contributed by atoms with Crippen LogP contribution in [0.5, 0.6) is 0 Å². The maximum atomic E-state index is 12.3. The highest BCUT2D eigenvalue weighted by molar-refractivity contribution is 9.09. The van der Waals surface area contributed by atoms with Gasteiger partial charge in [0, 0.05) is 24.3 Å². The Kier molecular flexibility index (Phi) is 3.90. The lowest BCUT2D eigenvalue weighted by Gasteiger charge is -2.19. The van der Waals surface area contributed by atoms with Crippen LogP contribution >= 0.6 is 15.9 Å². The molecule has 0 aliphatic rings. The summed E-state index contributed by atoms with van der Waals surface area (Å²) in [5.41, 5.74) is 1.54. The molecule has 0 fully saturated rings. The first-order valence-corrected chi connectivity index (χ1v) is 7.26. The fourth-order valence-corrected chi connectivity index (χ4v) is 2.94. The zero-order chi connectivity index (χ0) is 13.3. The summed E-state index contributed by atoms with van der Waals surface area (Å²) in [4.78, 5) is 12.3. The van der Waals surface area contributed by atoms with E-state index >= 15 is 0 Å². The SMILES string of the molecule is Cc1cc2c(=O)n(CC(CBr)C(C)C)ccn2n1. The third-order valence-corrected chi connectivity index (χ3v) is 4.13. The van der Waals surface area contributed by atoms with Crippen LogP contribution in [0.25, 0.3) is 5.52 Å². The molecule has 0 aliphatic carbocycles. The molecule has 2 aromatic heterocycles. The van der Waals surface area contributed by atoms with Gasteiger partial charge >= 0.3 is 0 Å². The molecule has 98 valence electrons. The van der Waals surface area contributed by atoms with E-state index in [1.807, 2.05) is 25.4 Å². The Hall–Kier alpha value is -1.10. The summed E-state index contributed by atoms with van der Waals surface area (Å²) in [6, 6.07) is 1.83. The first-order chi connectivity index (χ1) is 8.52. The topological polar surface area (TPSA) is 39.3 Å². The Labute approximate surface area is 115 Å². The molecule has 0 bridgehead atoms. The molecule has 0 radical (unpaired) electrons. The van der Waals surface area contributed by atoms with E-state index in [1.165, 1.54) is 0 Å². The van der Waals surface area contributed by atoms with Crippen LogP contribution in [-0.2, 0) is 6.54 Å². The number of aromatic nitrogens is 3. The van der Waals surface area contributed by atoms with Crippen molar-refractivity contribution in [1.82, 2.24) is 14.2 Å². The standard InChI is InChI=1S/C13H18BrN3O/c1-9(2)11(7-14)8-16-4-5-17-12(13(16)18)6-10(3)15-17/h4-6,9,11H,7-8H2,1-3H3. The molecule has 5 heteroatoms. The number of rotatable bonds is 4. The Morgan fingerprint density at radius 3 is 2.72 bits per heavy atom. The van der Waals surface area contributed by atoms with Crippen molar-refractivity contribution in [2.45, 2.75) is 27.3 Å². The second kappa shape index (κ2) is 5.26. The molecule has 1 unspecified atom stereocenters. The summed E-state index contributed by atoms with van der Waals surface area (Å²) in [7, 11) is 0. The molecular weight excluding hydrogens is 294 g/mol. The number of halogens is 1. The van der Waals surface area contributed by atoms with Gasteiger partial charge in [0.1, 0.15) is 5.52 Å². The van der Waals surface area contributed by atoms with E-state index in [0.29, 0.717) is 17.4 Å². The van der Waals surface area contributed by atoms with E-state index in [2.05, 4.69) is 34.9 Å². The minimum absolute atomic E-state index is 0.0321. The van der Waals surface area contributed by atoms with Gasteiger partial charge in [-0.15, -0.1) is 0 Å². The molecular formula is C13H18BrN3O. The third-order valence-electron chi connectivity index (χ3n) is 3.30. The van der Waals surface area contributed by atoms with E-state index in [-0.39, 0.29) is 5.56 Å². The Bertz CT molecular complexity index is 600. The van der Waals surface area contributed by atoms with Gasteiger partial charge < -0.3 is 4.57 Å². The first kappa shape index (κ1) is 13.3. The van der Waals surface area contributed by atoms with Crippen molar-refractivity contribution in [2.75, 3.05) is 5.33 Å². The van der Waals surface area contributed by atoms with Gasteiger partial charge in [-0.25, -0.2) is 4.52 Å². The van der Waals surface area contributed by atoms with E-state index in [1.54, 1.807) is 9.08 Å². The zero-order valence-corrected chi connectivity index (χ0v) is 12.5. The highest BCUT2D eigenvalue weighted by Crippen LogP contribution is 2.15. The summed E-state index contributed by atoms with van der Waals surface area (Å²) < 4.78 is 3.43. The molecule has 0 saturated heterocycles. The minimum atomic E-state index is 0.0321. The van der Waals surface area contributed by atoms with Crippen molar-refractivity contribution < 1.29 is 0 Å². The van der Waals surface area contributed by atoms with Crippen molar-refractivity contribution in [1.29, 1.82) is 0 Å². The quantitative estimate of drug-likeness (QED) is 0.814. The van der Waals surface area contributed by atoms with Crippen molar-refractivity contribution >= 4 is 21.4 Å². The molecule has 1 atom stereocenters. The van der Waals surface area contributed by atoms with Gasteiger partial charge in [0.05, 0.1) is 5.69 Å². The predicted octanol–water partition coefficient (Wildman–Crippen LogP) is 2.47. The minimum Gasteiger partial charge on any atom is -0.312 e. The number of hydrogen-bond acceptors (Lipinski definition) is 2. The van der Waals surface area contributed by atoms with Gasteiger partial charge in [-0.1, -0.05) is 29.8 Å². The molecule has 2 aromatic rings. The predicted molar refractivity (Wildman–Crippen MR) is 76.3 cm³/mol. The summed E-state index contributed by atoms with van der Waals surface area (Å²) in [5.74, 6) is 0.994. The molecule has 0 aliphatic heterocycles. The number of nitrogens with zero attached hydrogens (tertiary/aromatic N) is 3. The van der Waals surface area contributed by atoms with Crippen molar-refractivity contribution in [3.8, 4) is 0 Å². The Morgan fingerprint density at radius 1 is 1.39 bits per heavy atom. The largest absolute Gasteiger partial charge is 0.312 e. The fraction of sp³-hybridized carbons (Fsp3) is 0.538. The number of aryl methyl sites for hydroxylation is 1. The molecule has 0 aromatic carbocycles. The molecule has 2 heterocycles. The van der Waals surface area contributed by atoms with Gasteiger partial charge in [-0.2, -0.15) is 5.10 Å². The third kappa shape index (κ3) is 2.51. The molecule has 18 heavy (non-hydrogen) atoms. The lowest BCUT2D eigenvalue weighted by Crippen LogP contribution is -2.27. The van der Waals surface area contributed by atoms with Crippen LogP contribution in [0.3, 0.4) is 0 Å². The summed E-state index contributed by atoms with van der Waals surface area (Å²) >= 11 is 3.52. The van der Waals surface area contributed by atoms with Gasteiger partial charge in [-0.05, 0) is 24.8 Å². The molecule has 2 rings (SSSR count). The van der Waals surface area contributed by atoms with Crippen LogP contribution in [0, 0.1) is 18.8 Å². The molecule has 0 saturated carbocycles. The summed E-state index contributed by atoms with van der Waals surface area (Å²) in [6.07, 6.45) is 3.66. The van der Waals surface area contributed by atoms with Crippen molar-refractivity contribution in [3.63, 3.8) is 0 Å². The van der Waals surface area contributed by atoms with Crippen LogP contribution in [0.2, 0.25) is 0 Å². The van der Waals surface area contributed by atoms with E-state index < -0.39 is 0 Å². The van der Waals surface area contributed by atoms with Crippen molar-refractivity contribution in [2.24, 2.45) is 11.8 Å². The molecule has 0 amide bonds. The van der Waals surface area contributed by atoms with E-state index in [9.17, 15) is 4.79 Å². The normalized spacial score (nSPS) is 13.4. The monoisotopic (exact) mass is 311 g/mol. The van der Waals surface area contributed by atoms with Gasteiger partial charge in [0.25, 0.3) is 5.56 Å². The second-order valence-electron chi connectivity index (χ2n) is 5.03. The van der Waals surface area contributed by atoms with Crippen molar-refractivity contribution in [3.05, 3.63) is 34.5 Å². The fourth-order valence-electron chi connectivity index (χ4n) is 1.98. The second-order valence-corrected chi connectivity index (χ2v) is 5.68. The van der Waals surface area contributed by atoms with Crippen LogP contribution in [0.1, 0.15) is 19.5 Å².